The van der Waals surface area contributed by atoms with Gasteiger partial charge in [-0.15, -0.1) is 0 Å². The standard InChI is InChI=1S/C22H18N4O5/c1-27-15-5-2-13(3-6-15)19-9-26-11-23-20(16(26)10-28-19)22-24-21(25-31-22)14-4-7-17-18(8-14)30-12-29-17/h2-8,11,19H,9-10,12H2,1H3/t19-/m1/s1. The first kappa shape index (κ1) is 18.0. The lowest BCUT2D eigenvalue weighted by Crippen LogP contribution is -2.20. The van der Waals surface area contributed by atoms with Crippen LogP contribution in [0.1, 0.15) is 17.4 Å². The number of hydrogen-bond acceptors (Lipinski definition) is 8. The van der Waals surface area contributed by atoms with Crippen molar-refractivity contribution in [2.45, 2.75) is 19.3 Å². The number of ether oxygens (including phenoxy) is 4. The molecule has 0 saturated heterocycles. The molecule has 0 saturated carbocycles. The Balaban J connectivity index is 1.25. The van der Waals surface area contributed by atoms with Gasteiger partial charge in [-0.2, -0.15) is 4.98 Å². The Morgan fingerprint density at radius 2 is 1.94 bits per heavy atom. The zero-order valence-corrected chi connectivity index (χ0v) is 16.6. The third-order valence-electron chi connectivity index (χ3n) is 5.48. The van der Waals surface area contributed by atoms with Gasteiger partial charge in [0.1, 0.15) is 11.9 Å². The van der Waals surface area contributed by atoms with Crippen LogP contribution in [0.25, 0.3) is 23.0 Å². The van der Waals surface area contributed by atoms with Crippen LogP contribution in [0.15, 0.2) is 53.3 Å². The Morgan fingerprint density at radius 3 is 2.81 bits per heavy atom. The fourth-order valence-electron chi connectivity index (χ4n) is 3.80. The minimum atomic E-state index is -0.0627. The van der Waals surface area contributed by atoms with E-state index >= 15 is 0 Å². The highest BCUT2D eigenvalue weighted by Gasteiger charge is 2.27. The van der Waals surface area contributed by atoms with Gasteiger partial charge in [-0.3, -0.25) is 0 Å². The van der Waals surface area contributed by atoms with Gasteiger partial charge < -0.3 is 28.0 Å². The molecule has 156 valence electrons. The summed E-state index contributed by atoms with van der Waals surface area (Å²) < 4.78 is 29.7. The van der Waals surface area contributed by atoms with Crippen LogP contribution in [-0.2, 0) is 17.9 Å². The summed E-state index contributed by atoms with van der Waals surface area (Å²) in [5.74, 6) is 3.01. The van der Waals surface area contributed by atoms with Crippen LogP contribution in [0, 0.1) is 0 Å². The van der Waals surface area contributed by atoms with Crippen molar-refractivity contribution in [2.75, 3.05) is 13.9 Å². The molecule has 0 radical (unpaired) electrons. The average Bonchev–Trinajstić information content (AvgIpc) is 3.57. The lowest BCUT2D eigenvalue weighted by molar-refractivity contribution is 0.00328. The van der Waals surface area contributed by atoms with Crippen molar-refractivity contribution < 1.29 is 23.5 Å². The first-order valence-corrected chi connectivity index (χ1v) is 9.82. The Hall–Kier alpha value is -3.85. The number of hydrogen-bond donors (Lipinski definition) is 0. The number of methoxy groups -OCH3 is 1. The van der Waals surface area contributed by atoms with Crippen molar-refractivity contribution in [3.8, 4) is 40.2 Å². The first-order valence-electron chi connectivity index (χ1n) is 9.82. The van der Waals surface area contributed by atoms with E-state index in [1.165, 1.54) is 0 Å². The van der Waals surface area contributed by atoms with Gasteiger partial charge in [-0.25, -0.2) is 4.98 Å². The highest BCUT2D eigenvalue weighted by atomic mass is 16.7. The maximum Gasteiger partial charge on any atom is 0.278 e. The average molecular weight is 418 g/mol. The number of fused-ring (bicyclic) bond motifs is 2. The largest absolute Gasteiger partial charge is 0.497 e. The second-order valence-corrected chi connectivity index (χ2v) is 7.26. The summed E-state index contributed by atoms with van der Waals surface area (Å²) >= 11 is 0. The topological polar surface area (TPSA) is 93.7 Å². The van der Waals surface area contributed by atoms with Crippen LogP contribution in [0.5, 0.6) is 17.2 Å². The van der Waals surface area contributed by atoms with E-state index in [9.17, 15) is 0 Å². The SMILES string of the molecule is COc1ccc([C@H]2Cn3cnc(-c4nc(-c5ccc6c(c5)OCO6)no4)c3CO2)cc1. The van der Waals surface area contributed by atoms with Gasteiger partial charge >= 0.3 is 0 Å². The van der Waals surface area contributed by atoms with E-state index in [1.807, 2.05) is 42.5 Å². The van der Waals surface area contributed by atoms with Gasteiger partial charge in [0.15, 0.2) is 17.2 Å². The van der Waals surface area contributed by atoms with Crippen LogP contribution in [0.2, 0.25) is 0 Å². The second-order valence-electron chi connectivity index (χ2n) is 7.26. The number of imidazole rings is 1. The van der Waals surface area contributed by atoms with E-state index in [1.54, 1.807) is 13.4 Å². The van der Waals surface area contributed by atoms with E-state index in [-0.39, 0.29) is 12.9 Å². The smallest absolute Gasteiger partial charge is 0.278 e. The second kappa shape index (κ2) is 7.13. The van der Waals surface area contributed by atoms with Gasteiger partial charge in [0.05, 0.1) is 32.3 Å². The van der Waals surface area contributed by atoms with Gasteiger partial charge in [0.2, 0.25) is 12.6 Å². The molecule has 2 aromatic heterocycles. The first-order chi connectivity index (χ1) is 15.3. The lowest BCUT2D eigenvalue weighted by atomic mass is 10.1. The Bertz CT molecular complexity index is 1250. The number of nitrogens with zero attached hydrogens (tertiary/aromatic N) is 4. The summed E-state index contributed by atoms with van der Waals surface area (Å²) in [4.78, 5) is 9.04. The third-order valence-corrected chi connectivity index (χ3v) is 5.48. The van der Waals surface area contributed by atoms with Crippen LogP contribution in [0.4, 0.5) is 0 Å². The molecule has 0 amide bonds. The fourth-order valence-corrected chi connectivity index (χ4v) is 3.80. The molecule has 9 heteroatoms. The quantitative estimate of drug-likeness (QED) is 0.496. The molecule has 31 heavy (non-hydrogen) atoms. The molecule has 2 aliphatic heterocycles. The number of aromatic nitrogens is 4. The summed E-state index contributed by atoms with van der Waals surface area (Å²) in [7, 11) is 1.65. The molecule has 0 N–H and O–H groups in total. The fraction of sp³-hybridized carbons (Fsp3) is 0.227. The van der Waals surface area contributed by atoms with Crippen LogP contribution in [0.3, 0.4) is 0 Å². The molecule has 6 rings (SSSR count). The Labute approximate surface area is 177 Å². The van der Waals surface area contributed by atoms with Crippen molar-refractivity contribution >= 4 is 0 Å². The Kier molecular flexibility index (Phi) is 4.13. The van der Waals surface area contributed by atoms with E-state index < -0.39 is 0 Å². The van der Waals surface area contributed by atoms with Crippen LogP contribution < -0.4 is 14.2 Å². The maximum absolute atomic E-state index is 6.10. The van der Waals surface area contributed by atoms with Gasteiger partial charge in [-0.1, -0.05) is 17.3 Å². The highest BCUT2D eigenvalue weighted by molar-refractivity contribution is 5.63. The van der Waals surface area contributed by atoms with Crippen LogP contribution >= 0.6 is 0 Å². The molecule has 0 unspecified atom stereocenters. The molecular formula is C22H18N4O5. The summed E-state index contributed by atoms with van der Waals surface area (Å²) in [6.07, 6.45) is 1.72. The maximum atomic E-state index is 6.10. The predicted octanol–water partition coefficient (Wildman–Crippen LogP) is 3.61. The van der Waals surface area contributed by atoms with Gasteiger partial charge in [-0.05, 0) is 35.9 Å². The molecule has 1 atom stereocenters. The zero-order valence-electron chi connectivity index (χ0n) is 16.6. The Morgan fingerprint density at radius 1 is 1.06 bits per heavy atom. The van der Waals surface area contributed by atoms with Crippen molar-refractivity contribution in [2.24, 2.45) is 0 Å². The minimum absolute atomic E-state index is 0.0627. The molecule has 9 nitrogen and oxygen atoms in total. The van der Waals surface area contributed by atoms with Crippen molar-refractivity contribution in [1.29, 1.82) is 0 Å². The zero-order chi connectivity index (χ0) is 20.8. The number of rotatable bonds is 4. The van der Waals surface area contributed by atoms with E-state index in [0.29, 0.717) is 42.1 Å². The molecule has 2 aromatic carbocycles. The van der Waals surface area contributed by atoms with Gasteiger partial charge in [0, 0.05) is 5.56 Å². The predicted molar refractivity (Wildman–Crippen MR) is 108 cm³/mol. The molecule has 4 aromatic rings. The number of benzene rings is 2. The van der Waals surface area contributed by atoms with E-state index in [0.717, 1.165) is 22.6 Å². The molecule has 4 heterocycles. The summed E-state index contributed by atoms with van der Waals surface area (Å²) in [6, 6.07) is 13.4. The molecule has 0 spiro atoms. The van der Waals surface area contributed by atoms with Crippen molar-refractivity contribution in [3.63, 3.8) is 0 Å². The van der Waals surface area contributed by atoms with E-state index in [2.05, 4.69) is 19.7 Å². The van der Waals surface area contributed by atoms with Gasteiger partial charge in [0.25, 0.3) is 5.89 Å². The van der Waals surface area contributed by atoms with E-state index in [4.69, 9.17) is 23.5 Å². The summed E-state index contributed by atoms with van der Waals surface area (Å²) in [5, 5.41) is 4.11. The highest BCUT2D eigenvalue weighted by Crippen LogP contribution is 2.36. The molecule has 2 aliphatic rings. The summed E-state index contributed by atoms with van der Waals surface area (Å²) in [6.45, 7) is 1.26. The third kappa shape index (κ3) is 3.10. The molecule has 0 aliphatic carbocycles. The minimum Gasteiger partial charge on any atom is -0.497 e. The summed E-state index contributed by atoms with van der Waals surface area (Å²) in [5.41, 5.74) is 3.41. The van der Waals surface area contributed by atoms with Crippen molar-refractivity contribution in [1.82, 2.24) is 19.7 Å². The van der Waals surface area contributed by atoms with Crippen molar-refractivity contribution in [3.05, 3.63) is 60.0 Å². The molecule has 0 bridgehead atoms. The monoisotopic (exact) mass is 418 g/mol. The normalized spacial score (nSPS) is 16.9. The molecular weight excluding hydrogens is 400 g/mol. The van der Waals surface area contributed by atoms with Crippen LogP contribution in [-0.4, -0.2) is 33.6 Å². The lowest BCUT2D eigenvalue weighted by Gasteiger charge is -2.25. The molecule has 0 fully saturated rings.